The second-order valence-electron chi connectivity index (χ2n) is 8.73. The summed E-state index contributed by atoms with van der Waals surface area (Å²) in [5, 5.41) is 4.08. The molecule has 5 heteroatoms. The van der Waals surface area contributed by atoms with Gasteiger partial charge in [-0.2, -0.15) is 0 Å². The molecule has 0 bridgehead atoms. The van der Waals surface area contributed by atoms with Gasteiger partial charge in [0.2, 0.25) is 0 Å². The quantitative estimate of drug-likeness (QED) is 0.267. The summed E-state index contributed by atoms with van der Waals surface area (Å²) in [6.45, 7) is 8.43. The Kier molecular flexibility index (Phi) is 6.94. The molecular formula is C29H29ClN2P2. The van der Waals surface area contributed by atoms with Gasteiger partial charge in [-0.25, -0.2) is 0 Å². The summed E-state index contributed by atoms with van der Waals surface area (Å²) in [5.74, 6) is 0. The zero-order valence-electron chi connectivity index (χ0n) is 19.8. The normalized spacial score (nSPS) is 15.9. The lowest BCUT2D eigenvalue weighted by Gasteiger charge is -2.31. The van der Waals surface area contributed by atoms with Crippen molar-refractivity contribution >= 4 is 54.0 Å². The minimum Gasteiger partial charge on any atom is -0.319 e. The van der Waals surface area contributed by atoms with Crippen molar-refractivity contribution < 1.29 is 0 Å². The third-order valence-corrected chi connectivity index (χ3v) is 11.4. The first-order valence-corrected chi connectivity index (χ1v) is 15.1. The van der Waals surface area contributed by atoms with Crippen LogP contribution in [-0.4, -0.2) is 13.1 Å². The van der Waals surface area contributed by atoms with E-state index in [1.165, 1.54) is 44.0 Å². The molecule has 34 heavy (non-hydrogen) atoms. The lowest BCUT2D eigenvalue weighted by molar-refractivity contribution is 1.02. The van der Waals surface area contributed by atoms with Crippen molar-refractivity contribution in [1.82, 2.24) is 0 Å². The summed E-state index contributed by atoms with van der Waals surface area (Å²) in [6, 6.07) is 35.2. The van der Waals surface area contributed by atoms with Crippen LogP contribution in [0, 0.1) is 20.8 Å². The molecular weight excluding hydrogens is 474 g/mol. The largest absolute Gasteiger partial charge is 0.319 e. The van der Waals surface area contributed by atoms with Crippen molar-refractivity contribution in [2.45, 2.75) is 20.8 Å². The smallest absolute Gasteiger partial charge is 0.197 e. The van der Waals surface area contributed by atoms with E-state index >= 15 is 0 Å². The minimum atomic E-state index is -1.02. The van der Waals surface area contributed by atoms with Crippen LogP contribution < -0.4 is 25.3 Å². The molecule has 1 atom stereocenters. The predicted octanol–water partition coefficient (Wildman–Crippen LogP) is 7.16. The number of nitrogens with zero attached hydrogens (tertiary/aromatic N) is 2. The second-order valence-corrected chi connectivity index (χ2v) is 13.3. The molecule has 0 saturated carbocycles. The Hall–Kier alpha value is -2.37. The molecule has 5 rings (SSSR count). The zero-order chi connectivity index (χ0) is 23.7. The summed E-state index contributed by atoms with van der Waals surface area (Å²) in [6.07, 6.45) is 0. The zero-order valence-corrected chi connectivity index (χ0v) is 22.4. The molecule has 0 unspecified atom stereocenters. The molecule has 1 heterocycles. The molecule has 0 aliphatic carbocycles. The molecule has 172 valence electrons. The maximum Gasteiger partial charge on any atom is 0.197 e. The van der Waals surface area contributed by atoms with Crippen molar-refractivity contribution in [1.29, 1.82) is 0 Å². The highest BCUT2D eigenvalue weighted by atomic mass is 35.7. The Morgan fingerprint density at radius 2 is 1.18 bits per heavy atom. The molecule has 0 N–H and O–H groups in total. The van der Waals surface area contributed by atoms with Gasteiger partial charge in [-0.15, -0.1) is 0 Å². The van der Waals surface area contributed by atoms with Gasteiger partial charge in [-0.1, -0.05) is 96.6 Å². The average molecular weight is 503 g/mol. The van der Waals surface area contributed by atoms with Crippen LogP contribution in [0.3, 0.4) is 0 Å². The standard InChI is InChI=1S/C29H29ClN2P2/c1-22-20-23(2)29(24(3)21-22)32-19-18-31(34(32)30)27-16-10-11-17-28(27)33(25-12-6-4-7-13-25)26-14-8-5-9-15-26/h4-17,20-21H,18-19H2,1-3H3/t34-/m0/s1. The van der Waals surface area contributed by atoms with Crippen LogP contribution in [0.1, 0.15) is 16.7 Å². The minimum absolute atomic E-state index is 0.696. The average Bonchev–Trinajstić information content (AvgIpc) is 3.21. The lowest BCUT2D eigenvalue weighted by Crippen LogP contribution is -2.26. The van der Waals surface area contributed by atoms with Gasteiger partial charge in [0, 0.05) is 24.1 Å². The molecule has 1 saturated heterocycles. The molecule has 4 aromatic rings. The van der Waals surface area contributed by atoms with Crippen LogP contribution >= 0.6 is 26.7 Å². The third kappa shape index (κ3) is 4.48. The van der Waals surface area contributed by atoms with E-state index in [9.17, 15) is 0 Å². The topological polar surface area (TPSA) is 6.48 Å². The molecule has 1 aliphatic rings. The van der Waals surface area contributed by atoms with Crippen molar-refractivity contribution in [3.8, 4) is 0 Å². The van der Waals surface area contributed by atoms with Crippen LogP contribution in [0.15, 0.2) is 97.1 Å². The molecule has 0 spiro atoms. The lowest BCUT2D eigenvalue weighted by atomic mass is 10.1. The molecule has 2 nitrogen and oxygen atoms in total. The van der Waals surface area contributed by atoms with Crippen molar-refractivity contribution in [3.63, 3.8) is 0 Å². The highest BCUT2D eigenvalue weighted by Gasteiger charge is 2.35. The van der Waals surface area contributed by atoms with E-state index in [4.69, 9.17) is 11.2 Å². The van der Waals surface area contributed by atoms with E-state index in [0.29, 0.717) is 0 Å². The van der Waals surface area contributed by atoms with Gasteiger partial charge in [0.25, 0.3) is 0 Å². The number of para-hydroxylation sites is 1. The van der Waals surface area contributed by atoms with Gasteiger partial charge in [0.05, 0.1) is 5.69 Å². The first kappa shape index (κ1) is 23.4. The number of halogens is 1. The number of hydrogen-bond acceptors (Lipinski definition) is 2. The molecule has 0 amide bonds. The van der Waals surface area contributed by atoms with Crippen LogP contribution in [0.2, 0.25) is 0 Å². The highest BCUT2D eigenvalue weighted by Crippen LogP contribution is 2.58. The van der Waals surface area contributed by atoms with Gasteiger partial charge in [0.1, 0.15) is 0 Å². The number of aryl methyl sites for hydroxylation is 3. The van der Waals surface area contributed by atoms with Gasteiger partial charge >= 0.3 is 0 Å². The van der Waals surface area contributed by atoms with E-state index in [-0.39, 0.29) is 0 Å². The van der Waals surface area contributed by atoms with Gasteiger partial charge < -0.3 is 9.34 Å². The summed E-state index contributed by atoms with van der Waals surface area (Å²) >= 11 is 7.29. The first-order chi connectivity index (χ1) is 16.5. The fraction of sp³-hybridized carbons (Fsp3) is 0.172. The molecule has 0 aromatic heterocycles. The Labute approximate surface area is 210 Å². The maximum atomic E-state index is 7.29. The van der Waals surface area contributed by atoms with Gasteiger partial charge in [-0.3, -0.25) is 0 Å². The Bertz CT molecular complexity index is 1220. The fourth-order valence-electron chi connectivity index (χ4n) is 4.92. The second kappa shape index (κ2) is 10.1. The Balaban J connectivity index is 1.57. The van der Waals surface area contributed by atoms with E-state index in [2.05, 4.69) is 127 Å². The van der Waals surface area contributed by atoms with Gasteiger partial charge in [-0.05, 0) is 67.7 Å². The van der Waals surface area contributed by atoms with Crippen molar-refractivity contribution in [3.05, 3.63) is 114 Å². The Morgan fingerprint density at radius 1 is 0.676 bits per heavy atom. The van der Waals surface area contributed by atoms with E-state index in [1.807, 2.05) is 0 Å². The summed E-state index contributed by atoms with van der Waals surface area (Å²) < 4.78 is 4.86. The number of anilines is 2. The molecule has 4 aromatic carbocycles. The number of rotatable bonds is 5. The van der Waals surface area contributed by atoms with Crippen molar-refractivity contribution in [2.75, 3.05) is 22.4 Å². The highest BCUT2D eigenvalue weighted by molar-refractivity contribution is 7.87. The van der Waals surface area contributed by atoms with E-state index < -0.39 is 15.5 Å². The van der Waals surface area contributed by atoms with Crippen LogP contribution in [0.25, 0.3) is 0 Å². The van der Waals surface area contributed by atoms with Crippen LogP contribution in [-0.2, 0) is 0 Å². The molecule has 0 radical (unpaired) electrons. The number of benzene rings is 4. The van der Waals surface area contributed by atoms with Gasteiger partial charge in [0.15, 0.2) is 7.58 Å². The van der Waals surface area contributed by atoms with Crippen LogP contribution in [0.4, 0.5) is 11.4 Å². The summed E-state index contributed by atoms with van der Waals surface area (Å²) in [5.41, 5.74) is 6.45. The summed E-state index contributed by atoms with van der Waals surface area (Å²) in [7, 11) is -1.71. The predicted molar refractivity (Wildman–Crippen MR) is 153 cm³/mol. The molecule has 1 fully saturated rings. The molecule has 1 aliphatic heterocycles. The monoisotopic (exact) mass is 502 g/mol. The maximum absolute atomic E-state index is 7.29. The number of hydrogen-bond donors (Lipinski definition) is 0. The van der Waals surface area contributed by atoms with E-state index in [1.54, 1.807) is 0 Å². The van der Waals surface area contributed by atoms with Crippen LogP contribution in [0.5, 0.6) is 0 Å². The summed E-state index contributed by atoms with van der Waals surface area (Å²) in [4.78, 5) is 0. The Morgan fingerprint density at radius 3 is 1.76 bits per heavy atom. The SMILES string of the molecule is Cc1cc(C)c(N2CCN(c3ccccc3P(c3ccccc3)c3ccccc3)[P@]2Cl)c(C)c1. The van der Waals surface area contributed by atoms with E-state index in [0.717, 1.165) is 13.1 Å². The first-order valence-electron chi connectivity index (χ1n) is 11.6. The third-order valence-electron chi connectivity index (χ3n) is 6.25. The fourth-order valence-corrected chi connectivity index (χ4v) is 9.98. The van der Waals surface area contributed by atoms with Crippen molar-refractivity contribution in [2.24, 2.45) is 0 Å².